The van der Waals surface area contributed by atoms with E-state index in [0.717, 1.165) is 13.1 Å². The molecule has 0 saturated heterocycles. The monoisotopic (exact) mass is 259 g/mol. The molecule has 0 amide bonds. The number of alkyl halides is 1. The van der Waals surface area contributed by atoms with Gasteiger partial charge in [-0.05, 0) is 23.6 Å². The average molecular weight is 260 g/mol. The van der Waals surface area contributed by atoms with E-state index < -0.39 is 0 Å². The highest BCUT2D eigenvalue weighted by molar-refractivity contribution is 6.17. The summed E-state index contributed by atoms with van der Waals surface area (Å²) < 4.78 is 0. The van der Waals surface area contributed by atoms with Crippen molar-refractivity contribution in [1.82, 2.24) is 5.32 Å². The highest BCUT2D eigenvalue weighted by Crippen LogP contribution is 2.08. The molecule has 18 heavy (non-hydrogen) atoms. The number of hydrogen-bond acceptors (Lipinski definition) is 1. The maximum atomic E-state index is 5.83. The second kappa shape index (κ2) is 6.58. The number of aryl methyl sites for hydroxylation is 1. The van der Waals surface area contributed by atoms with Crippen molar-refractivity contribution < 1.29 is 0 Å². The summed E-state index contributed by atoms with van der Waals surface area (Å²) in [6.07, 6.45) is 0. The molecular weight excluding hydrogens is 242 g/mol. The van der Waals surface area contributed by atoms with E-state index in [-0.39, 0.29) is 0 Å². The Hall–Kier alpha value is -1.31. The molecule has 1 nitrogen and oxygen atoms in total. The summed E-state index contributed by atoms with van der Waals surface area (Å²) >= 11 is 5.83. The van der Waals surface area contributed by atoms with Crippen LogP contribution < -0.4 is 5.32 Å². The first kappa shape index (κ1) is 13.1. The summed E-state index contributed by atoms with van der Waals surface area (Å²) in [4.78, 5) is 0. The summed E-state index contributed by atoms with van der Waals surface area (Å²) in [5, 5.41) is 3.45. The second-order valence-corrected chi connectivity index (χ2v) is 4.81. The molecule has 0 atom stereocenters. The predicted octanol–water partition coefficient (Wildman–Crippen LogP) is 4.02. The van der Waals surface area contributed by atoms with E-state index in [1.165, 1.54) is 22.3 Å². The minimum Gasteiger partial charge on any atom is -0.309 e. The number of nitrogens with one attached hydrogen (secondary N) is 1. The standard InChI is InChI=1S/C16H18ClN/c1-13-4-2-6-15(8-13)11-18-12-16-7-3-5-14(9-16)10-17/h2-9,18H,10-12H2,1H3. The quantitative estimate of drug-likeness (QED) is 0.800. The van der Waals surface area contributed by atoms with Gasteiger partial charge in [-0.1, -0.05) is 54.1 Å². The number of benzene rings is 2. The summed E-state index contributed by atoms with van der Waals surface area (Å²) in [7, 11) is 0. The Morgan fingerprint density at radius 2 is 1.50 bits per heavy atom. The first-order valence-electron chi connectivity index (χ1n) is 6.18. The minimum absolute atomic E-state index is 0.575. The van der Waals surface area contributed by atoms with Gasteiger partial charge in [0.15, 0.2) is 0 Å². The third kappa shape index (κ3) is 3.86. The van der Waals surface area contributed by atoms with Crippen molar-refractivity contribution in [2.75, 3.05) is 0 Å². The molecule has 0 bridgehead atoms. The van der Waals surface area contributed by atoms with Crippen molar-refractivity contribution in [2.45, 2.75) is 25.9 Å². The van der Waals surface area contributed by atoms with Crippen molar-refractivity contribution in [2.24, 2.45) is 0 Å². The molecule has 1 N–H and O–H groups in total. The Bertz CT molecular complexity index is 508. The van der Waals surface area contributed by atoms with E-state index in [1.807, 2.05) is 0 Å². The fourth-order valence-corrected chi connectivity index (χ4v) is 2.16. The van der Waals surface area contributed by atoms with Crippen LogP contribution in [0.1, 0.15) is 22.3 Å². The van der Waals surface area contributed by atoms with Crippen molar-refractivity contribution in [1.29, 1.82) is 0 Å². The van der Waals surface area contributed by atoms with Gasteiger partial charge in [-0.2, -0.15) is 0 Å². The number of hydrogen-bond donors (Lipinski definition) is 1. The first-order chi connectivity index (χ1) is 8.78. The van der Waals surface area contributed by atoms with Gasteiger partial charge in [0.1, 0.15) is 0 Å². The Kier molecular flexibility index (Phi) is 4.80. The molecule has 0 heterocycles. The van der Waals surface area contributed by atoms with E-state index in [9.17, 15) is 0 Å². The third-order valence-corrected chi connectivity index (χ3v) is 3.20. The van der Waals surface area contributed by atoms with E-state index in [4.69, 9.17) is 11.6 Å². The molecule has 2 heteroatoms. The van der Waals surface area contributed by atoms with Crippen LogP contribution in [0, 0.1) is 6.92 Å². The lowest BCUT2D eigenvalue weighted by atomic mass is 10.1. The van der Waals surface area contributed by atoms with Gasteiger partial charge in [0.25, 0.3) is 0 Å². The molecule has 0 aliphatic rings. The molecule has 0 spiro atoms. The third-order valence-electron chi connectivity index (χ3n) is 2.89. The SMILES string of the molecule is Cc1cccc(CNCc2cccc(CCl)c2)c1. The van der Waals surface area contributed by atoms with Gasteiger partial charge in [-0.3, -0.25) is 0 Å². The summed E-state index contributed by atoms with van der Waals surface area (Å²) in [5.41, 5.74) is 5.08. The highest BCUT2D eigenvalue weighted by Gasteiger charge is 1.96. The maximum absolute atomic E-state index is 5.83. The fourth-order valence-electron chi connectivity index (χ4n) is 2.00. The molecule has 2 rings (SSSR count). The zero-order valence-electron chi connectivity index (χ0n) is 10.6. The molecular formula is C16H18ClN. The van der Waals surface area contributed by atoms with Crippen molar-refractivity contribution in [3.8, 4) is 0 Å². The van der Waals surface area contributed by atoms with Crippen LogP contribution >= 0.6 is 11.6 Å². The predicted molar refractivity (Wildman–Crippen MR) is 77.7 cm³/mol. The topological polar surface area (TPSA) is 12.0 Å². The molecule has 2 aromatic rings. The Morgan fingerprint density at radius 3 is 2.17 bits per heavy atom. The van der Waals surface area contributed by atoms with Gasteiger partial charge in [0.2, 0.25) is 0 Å². The normalized spacial score (nSPS) is 10.6. The molecule has 0 aliphatic carbocycles. The average Bonchev–Trinajstić information content (AvgIpc) is 2.39. The highest BCUT2D eigenvalue weighted by atomic mass is 35.5. The van der Waals surface area contributed by atoms with Crippen LogP contribution in [0.3, 0.4) is 0 Å². The van der Waals surface area contributed by atoms with Crippen LogP contribution in [0.2, 0.25) is 0 Å². The van der Waals surface area contributed by atoms with Crippen LogP contribution in [-0.4, -0.2) is 0 Å². The van der Waals surface area contributed by atoms with E-state index in [2.05, 4.69) is 60.8 Å². The van der Waals surface area contributed by atoms with Crippen molar-refractivity contribution in [3.05, 3.63) is 70.8 Å². The molecule has 0 saturated carbocycles. The minimum atomic E-state index is 0.575. The fraction of sp³-hybridized carbons (Fsp3) is 0.250. The van der Waals surface area contributed by atoms with Crippen LogP contribution in [-0.2, 0) is 19.0 Å². The summed E-state index contributed by atoms with van der Waals surface area (Å²) in [5.74, 6) is 0.575. The van der Waals surface area contributed by atoms with Crippen LogP contribution in [0.5, 0.6) is 0 Å². The second-order valence-electron chi connectivity index (χ2n) is 4.55. The largest absolute Gasteiger partial charge is 0.309 e. The molecule has 0 fully saturated rings. The summed E-state index contributed by atoms with van der Waals surface area (Å²) in [6, 6.07) is 17.0. The Balaban J connectivity index is 1.88. The van der Waals surface area contributed by atoms with Crippen molar-refractivity contribution in [3.63, 3.8) is 0 Å². The van der Waals surface area contributed by atoms with Gasteiger partial charge in [-0.15, -0.1) is 11.6 Å². The van der Waals surface area contributed by atoms with Gasteiger partial charge in [-0.25, -0.2) is 0 Å². The molecule has 0 unspecified atom stereocenters. The Labute approximate surface area is 114 Å². The maximum Gasteiger partial charge on any atom is 0.0474 e. The zero-order chi connectivity index (χ0) is 12.8. The van der Waals surface area contributed by atoms with Gasteiger partial charge in [0.05, 0.1) is 0 Å². The lowest BCUT2D eigenvalue weighted by Crippen LogP contribution is -2.12. The number of halogens is 1. The molecule has 0 aromatic heterocycles. The Morgan fingerprint density at radius 1 is 0.889 bits per heavy atom. The van der Waals surface area contributed by atoms with Gasteiger partial charge >= 0.3 is 0 Å². The van der Waals surface area contributed by atoms with Crippen LogP contribution in [0.4, 0.5) is 0 Å². The number of rotatable bonds is 5. The van der Waals surface area contributed by atoms with Gasteiger partial charge < -0.3 is 5.32 Å². The molecule has 94 valence electrons. The lowest BCUT2D eigenvalue weighted by Gasteiger charge is -2.07. The van der Waals surface area contributed by atoms with Crippen LogP contribution in [0.15, 0.2) is 48.5 Å². The van der Waals surface area contributed by atoms with E-state index in [1.54, 1.807) is 0 Å². The van der Waals surface area contributed by atoms with E-state index >= 15 is 0 Å². The first-order valence-corrected chi connectivity index (χ1v) is 6.71. The van der Waals surface area contributed by atoms with E-state index in [0.29, 0.717) is 5.88 Å². The van der Waals surface area contributed by atoms with Gasteiger partial charge in [0, 0.05) is 19.0 Å². The van der Waals surface area contributed by atoms with Crippen molar-refractivity contribution >= 4 is 11.6 Å². The lowest BCUT2D eigenvalue weighted by molar-refractivity contribution is 0.692. The summed E-state index contributed by atoms with van der Waals surface area (Å²) in [6.45, 7) is 3.89. The zero-order valence-corrected chi connectivity index (χ0v) is 11.4. The van der Waals surface area contributed by atoms with Crippen LogP contribution in [0.25, 0.3) is 0 Å². The molecule has 2 aromatic carbocycles. The molecule has 0 radical (unpaired) electrons. The molecule has 0 aliphatic heterocycles. The smallest absolute Gasteiger partial charge is 0.0474 e.